The Kier molecular flexibility index (Phi) is 5.82. The van der Waals surface area contributed by atoms with Crippen molar-refractivity contribution in [3.05, 3.63) is 59.0 Å². The Morgan fingerprint density at radius 3 is 2.44 bits per heavy atom. The van der Waals surface area contributed by atoms with E-state index in [1.54, 1.807) is 30.3 Å². The quantitative estimate of drug-likeness (QED) is 0.605. The van der Waals surface area contributed by atoms with Crippen molar-refractivity contribution in [2.75, 3.05) is 25.3 Å². The van der Waals surface area contributed by atoms with Crippen LogP contribution >= 0.6 is 11.8 Å². The maximum absolute atomic E-state index is 12.2. The van der Waals surface area contributed by atoms with Crippen molar-refractivity contribution in [2.45, 2.75) is 5.16 Å². The van der Waals surface area contributed by atoms with Crippen molar-refractivity contribution < 1.29 is 14.3 Å². The van der Waals surface area contributed by atoms with E-state index in [9.17, 15) is 9.59 Å². The van der Waals surface area contributed by atoms with Gasteiger partial charge in [0.25, 0.3) is 0 Å². The van der Waals surface area contributed by atoms with Crippen LogP contribution < -0.4 is 20.5 Å². The number of carbonyl (C=O) groups excluding carboxylic acids is 1. The molecule has 27 heavy (non-hydrogen) atoms. The van der Waals surface area contributed by atoms with E-state index in [0.717, 1.165) is 11.8 Å². The molecule has 0 aliphatic heterocycles. The number of aromatic nitrogens is 3. The Hall–Kier alpha value is -3.20. The lowest BCUT2D eigenvalue weighted by Crippen LogP contribution is -2.15. The molecule has 9 heteroatoms. The number of nitrogens with zero attached hydrogens (tertiary/aromatic N) is 2. The van der Waals surface area contributed by atoms with Crippen molar-refractivity contribution in [3.8, 4) is 17.2 Å². The molecule has 0 radical (unpaired) electrons. The highest BCUT2D eigenvalue weighted by Gasteiger charge is 2.11. The first-order valence-corrected chi connectivity index (χ1v) is 8.98. The predicted molar refractivity (Wildman–Crippen MR) is 103 cm³/mol. The summed E-state index contributed by atoms with van der Waals surface area (Å²) in [6.45, 7) is 0. The second-order valence-electron chi connectivity index (χ2n) is 5.42. The first-order chi connectivity index (χ1) is 13.1. The first-order valence-electron chi connectivity index (χ1n) is 7.99. The minimum atomic E-state index is -0.360. The second-order valence-corrected chi connectivity index (χ2v) is 6.38. The van der Waals surface area contributed by atoms with E-state index in [-0.39, 0.29) is 17.3 Å². The largest absolute Gasteiger partial charge is 0.497 e. The smallest absolute Gasteiger partial charge is 0.348 e. The fourth-order valence-electron chi connectivity index (χ4n) is 2.33. The van der Waals surface area contributed by atoms with Crippen molar-refractivity contribution in [1.29, 1.82) is 0 Å². The van der Waals surface area contributed by atoms with Crippen LogP contribution in [0, 0.1) is 0 Å². The summed E-state index contributed by atoms with van der Waals surface area (Å²) in [7, 11) is 3.07. The Labute approximate surface area is 159 Å². The molecule has 0 bridgehead atoms. The lowest BCUT2D eigenvalue weighted by molar-refractivity contribution is -0.113. The van der Waals surface area contributed by atoms with E-state index in [0.29, 0.717) is 28.0 Å². The van der Waals surface area contributed by atoms with Gasteiger partial charge in [0.1, 0.15) is 11.5 Å². The maximum atomic E-state index is 12.2. The normalized spacial score (nSPS) is 10.4. The fraction of sp³-hybridized carbons (Fsp3) is 0.167. The standard InChI is InChI=1S/C18H18N4O4S/c1-25-14-8-12(9-15(10-14)26-2)19-16(23)11-27-17-20-18(24)22(21-17)13-6-4-3-5-7-13/h3-10H,11H2,1-2H3,(H,19,23)(H,20,21,24). The van der Waals surface area contributed by atoms with Crippen LogP contribution in [-0.4, -0.2) is 40.6 Å². The van der Waals surface area contributed by atoms with Crippen molar-refractivity contribution in [1.82, 2.24) is 14.8 Å². The predicted octanol–water partition coefficient (Wildman–Crippen LogP) is 2.31. The van der Waals surface area contributed by atoms with Crippen molar-refractivity contribution in [3.63, 3.8) is 0 Å². The number of benzene rings is 2. The number of nitrogens with one attached hydrogen (secondary N) is 2. The Morgan fingerprint density at radius 1 is 1.15 bits per heavy atom. The molecule has 8 nitrogen and oxygen atoms in total. The molecule has 2 N–H and O–H groups in total. The number of H-pyrrole nitrogens is 1. The summed E-state index contributed by atoms with van der Waals surface area (Å²) in [5.41, 5.74) is 0.847. The molecule has 3 aromatic rings. The van der Waals surface area contributed by atoms with Gasteiger partial charge in [-0.3, -0.25) is 9.78 Å². The molecule has 0 saturated heterocycles. The van der Waals surface area contributed by atoms with E-state index in [1.807, 2.05) is 18.2 Å². The first kappa shape index (κ1) is 18.6. The molecule has 1 heterocycles. The lowest BCUT2D eigenvalue weighted by atomic mass is 10.2. The summed E-state index contributed by atoms with van der Waals surface area (Å²) in [6.07, 6.45) is 0. The van der Waals surface area contributed by atoms with Crippen LogP contribution in [0.3, 0.4) is 0 Å². The summed E-state index contributed by atoms with van der Waals surface area (Å²) in [6, 6.07) is 14.1. The van der Waals surface area contributed by atoms with E-state index in [1.165, 1.54) is 18.9 Å². The number of aromatic amines is 1. The van der Waals surface area contributed by atoms with Gasteiger partial charge in [0.05, 0.1) is 25.7 Å². The zero-order valence-corrected chi connectivity index (χ0v) is 15.6. The topological polar surface area (TPSA) is 98.2 Å². The molecule has 140 valence electrons. The van der Waals surface area contributed by atoms with Crippen LogP contribution in [-0.2, 0) is 4.79 Å². The molecule has 0 spiro atoms. The molecule has 3 rings (SSSR count). The maximum Gasteiger partial charge on any atom is 0.348 e. The van der Waals surface area contributed by atoms with Gasteiger partial charge in [-0.2, -0.15) is 4.68 Å². The van der Waals surface area contributed by atoms with Gasteiger partial charge in [-0.25, -0.2) is 4.79 Å². The average molecular weight is 386 g/mol. The summed E-state index contributed by atoms with van der Waals surface area (Å²) in [5.74, 6) is 0.984. The Bertz CT molecular complexity index is 962. The van der Waals surface area contributed by atoms with Gasteiger partial charge in [-0.1, -0.05) is 30.0 Å². The highest BCUT2D eigenvalue weighted by molar-refractivity contribution is 7.99. The van der Waals surface area contributed by atoms with E-state index in [2.05, 4.69) is 15.4 Å². The van der Waals surface area contributed by atoms with Crippen LogP contribution in [0.25, 0.3) is 5.69 Å². The number of amides is 1. The molecule has 0 unspecified atom stereocenters. The van der Waals surface area contributed by atoms with E-state index < -0.39 is 0 Å². The number of anilines is 1. The molecule has 0 aliphatic carbocycles. The number of hydrogen-bond acceptors (Lipinski definition) is 6. The molecule has 0 aliphatic rings. The fourth-order valence-corrected chi connectivity index (χ4v) is 2.96. The van der Waals surface area contributed by atoms with Gasteiger partial charge >= 0.3 is 5.69 Å². The molecular weight excluding hydrogens is 368 g/mol. The van der Waals surface area contributed by atoms with Crippen molar-refractivity contribution in [2.24, 2.45) is 0 Å². The van der Waals surface area contributed by atoms with Gasteiger partial charge < -0.3 is 14.8 Å². The molecule has 1 aromatic heterocycles. The van der Waals surface area contributed by atoms with E-state index in [4.69, 9.17) is 9.47 Å². The minimum Gasteiger partial charge on any atom is -0.497 e. The third kappa shape index (κ3) is 4.70. The van der Waals surface area contributed by atoms with Gasteiger partial charge in [-0.05, 0) is 12.1 Å². The third-order valence-electron chi connectivity index (χ3n) is 3.57. The SMILES string of the molecule is COc1cc(NC(=O)CSc2nn(-c3ccccc3)c(=O)[nH]2)cc(OC)c1. The van der Waals surface area contributed by atoms with Crippen LogP contribution in [0.1, 0.15) is 0 Å². The van der Waals surface area contributed by atoms with Crippen LogP contribution in [0.4, 0.5) is 5.69 Å². The van der Waals surface area contributed by atoms with Crippen LogP contribution in [0.2, 0.25) is 0 Å². The molecule has 0 atom stereocenters. The highest BCUT2D eigenvalue weighted by Crippen LogP contribution is 2.26. The zero-order valence-electron chi connectivity index (χ0n) is 14.8. The van der Waals surface area contributed by atoms with Crippen LogP contribution in [0.15, 0.2) is 58.5 Å². The average Bonchev–Trinajstić information content (AvgIpc) is 3.07. The van der Waals surface area contributed by atoms with E-state index >= 15 is 0 Å². The molecule has 1 amide bonds. The number of methoxy groups -OCH3 is 2. The summed E-state index contributed by atoms with van der Waals surface area (Å²) in [5, 5.41) is 7.34. The van der Waals surface area contributed by atoms with Gasteiger partial charge in [-0.15, -0.1) is 5.10 Å². The van der Waals surface area contributed by atoms with Crippen LogP contribution in [0.5, 0.6) is 11.5 Å². The van der Waals surface area contributed by atoms with Crippen molar-refractivity contribution >= 4 is 23.4 Å². The monoisotopic (exact) mass is 386 g/mol. The number of ether oxygens (including phenoxy) is 2. The third-order valence-corrected chi connectivity index (χ3v) is 4.44. The summed E-state index contributed by atoms with van der Waals surface area (Å²) in [4.78, 5) is 26.9. The zero-order chi connectivity index (χ0) is 19.2. The Morgan fingerprint density at radius 2 is 1.81 bits per heavy atom. The van der Waals surface area contributed by atoms with Gasteiger partial charge in [0.2, 0.25) is 5.91 Å². The number of hydrogen-bond donors (Lipinski definition) is 2. The number of thioether (sulfide) groups is 1. The molecular formula is C18H18N4O4S. The Balaban J connectivity index is 1.64. The number of rotatable bonds is 7. The minimum absolute atomic E-state index is 0.0846. The summed E-state index contributed by atoms with van der Waals surface area (Å²) < 4.78 is 11.6. The van der Waals surface area contributed by atoms with Gasteiger partial charge in [0.15, 0.2) is 5.16 Å². The highest BCUT2D eigenvalue weighted by atomic mass is 32.2. The number of carbonyl (C=O) groups is 1. The summed E-state index contributed by atoms with van der Waals surface area (Å²) >= 11 is 1.14. The number of para-hydroxylation sites is 1. The molecule has 0 saturated carbocycles. The lowest BCUT2D eigenvalue weighted by Gasteiger charge is -2.09. The van der Waals surface area contributed by atoms with Gasteiger partial charge in [0, 0.05) is 23.9 Å². The second kappa shape index (κ2) is 8.45. The molecule has 0 fully saturated rings. The molecule has 2 aromatic carbocycles.